The van der Waals surface area contributed by atoms with Crippen LogP contribution in [0.25, 0.3) is 10.9 Å². The molecule has 21 heavy (non-hydrogen) atoms. The zero-order chi connectivity index (χ0) is 15.0. The molecule has 0 radical (unpaired) electrons. The van der Waals surface area contributed by atoms with Gasteiger partial charge in [-0.3, -0.25) is 0 Å². The van der Waals surface area contributed by atoms with E-state index in [0.717, 1.165) is 11.1 Å². The van der Waals surface area contributed by atoms with Gasteiger partial charge in [0, 0.05) is 5.39 Å². The number of rotatable bonds is 2. The molecule has 0 atom stereocenters. The van der Waals surface area contributed by atoms with Crippen LogP contribution >= 0.6 is 0 Å². The van der Waals surface area contributed by atoms with Gasteiger partial charge < -0.3 is 10.1 Å². The van der Waals surface area contributed by atoms with Crippen LogP contribution in [0.15, 0.2) is 46.6 Å². The molecule has 3 aromatic rings. The van der Waals surface area contributed by atoms with Gasteiger partial charge in [-0.25, -0.2) is 4.39 Å². The number of aromatic hydroxyl groups is 1. The molecule has 5 heteroatoms. The van der Waals surface area contributed by atoms with Gasteiger partial charge in [-0.1, -0.05) is 17.7 Å². The summed E-state index contributed by atoms with van der Waals surface area (Å²) in [6, 6.07) is 10.0. The van der Waals surface area contributed by atoms with Gasteiger partial charge in [0.25, 0.3) is 0 Å². The van der Waals surface area contributed by atoms with E-state index < -0.39 is 0 Å². The van der Waals surface area contributed by atoms with E-state index in [1.807, 2.05) is 32.0 Å². The first-order valence-electron chi connectivity index (χ1n) is 6.54. The molecule has 0 unspecified atom stereocenters. The molecule has 0 saturated carbocycles. The van der Waals surface area contributed by atoms with Crippen molar-refractivity contribution in [2.45, 2.75) is 13.8 Å². The summed E-state index contributed by atoms with van der Waals surface area (Å²) in [7, 11) is 0. The maximum absolute atomic E-state index is 13.3. The number of H-pyrrole nitrogens is 1. The number of halogens is 1. The second-order valence-electron chi connectivity index (χ2n) is 5.00. The largest absolute Gasteiger partial charge is 0.493 e. The van der Waals surface area contributed by atoms with E-state index in [4.69, 9.17) is 0 Å². The fourth-order valence-electron chi connectivity index (χ4n) is 2.26. The summed E-state index contributed by atoms with van der Waals surface area (Å²) in [5.74, 6) is -0.506. The number of nitrogens with zero attached hydrogens (tertiary/aromatic N) is 2. The third-order valence-electron chi connectivity index (χ3n) is 3.32. The van der Waals surface area contributed by atoms with Gasteiger partial charge in [0.1, 0.15) is 5.82 Å². The Morgan fingerprint density at radius 3 is 2.62 bits per heavy atom. The quantitative estimate of drug-likeness (QED) is 0.635. The zero-order valence-corrected chi connectivity index (χ0v) is 11.7. The summed E-state index contributed by atoms with van der Waals surface area (Å²) in [6.07, 6.45) is 0. The number of hydrogen-bond acceptors (Lipinski definition) is 3. The fourth-order valence-corrected chi connectivity index (χ4v) is 2.26. The molecule has 0 spiro atoms. The van der Waals surface area contributed by atoms with Crippen molar-refractivity contribution in [1.82, 2.24) is 4.98 Å². The molecule has 1 heterocycles. The van der Waals surface area contributed by atoms with Crippen LogP contribution in [0.2, 0.25) is 0 Å². The van der Waals surface area contributed by atoms with Crippen molar-refractivity contribution in [3.8, 4) is 5.88 Å². The van der Waals surface area contributed by atoms with Crippen molar-refractivity contribution in [1.29, 1.82) is 0 Å². The number of azo groups is 1. The van der Waals surface area contributed by atoms with Gasteiger partial charge in [-0.05, 0) is 43.7 Å². The van der Waals surface area contributed by atoms with E-state index in [1.54, 1.807) is 6.07 Å². The Labute approximate surface area is 121 Å². The molecule has 0 fully saturated rings. The topological polar surface area (TPSA) is 60.7 Å². The van der Waals surface area contributed by atoms with Crippen molar-refractivity contribution in [2.24, 2.45) is 10.2 Å². The van der Waals surface area contributed by atoms with Crippen molar-refractivity contribution in [3.63, 3.8) is 0 Å². The Morgan fingerprint density at radius 1 is 1.05 bits per heavy atom. The first kappa shape index (κ1) is 13.3. The number of aryl methyl sites for hydroxylation is 2. The SMILES string of the molecule is Cc1ccc(N=Nc2c(O)[nH]c3ccc(F)cc23)c(C)c1. The maximum Gasteiger partial charge on any atom is 0.218 e. The average molecular weight is 283 g/mol. The van der Waals surface area contributed by atoms with E-state index in [2.05, 4.69) is 15.2 Å². The molecule has 1 aromatic heterocycles. The van der Waals surface area contributed by atoms with Crippen LogP contribution in [0.3, 0.4) is 0 Å². The summed E-state index contributed by atoms with van der Waals surface area (Å²) >= 11 is 0. The molecular formula is C16H14FN3O. The number of fused-ring (bicyclic) bond motifs is 1. The first-order valence-corrected chi connectivity index (χ1v) is 6.54. The second kappa shape index (κ2) is 5.01. The summed E-state index contributed by atoms with van der Waals surface area (Å²) in [5, 5.41) is 18.6. The highest BCUT2D eigenvalue weighted by Crippen LogP contribution is 2.36. The lowest BCUT2D eigenvalue weighted by molar-refractivity contribution is 0.459. The molecule has 0 saturated heterocycles. The molecule has 106 valence electrons. The standard InChI is InChI=1S/C16H14FN3O/c1-9-3-5-13(10(2)7-9)19-20-15-12-8-11(17)4-6-14(12)18-16(15)21/h3-8,18,21H,1-2H3. The van der Waals surface area contributed by atoms with E-state index in [9.17, 15) is 9.50 Å². The molecule has 4 nitrogen and oxygen atoms in total. The molecule has 2 aromatic carbocycles. The Balaban J connectivity index is 2.06. The van der Waals surface area contributed by atoms with Crippen LogP contribution in [0.4, 0.5) is 15.8 Å². The maximum atomic E-state index is 13.3. The molecule has 0 aliphatic carbocycles. The molecule has 0 aliphatic heterocycles. The predicted molar refractivity (Wildman–Crippen MR) is 80.0 cm³/mol. The normalized spacial score (nSPS) is 11.6. The number of aromatic amines is 1. The van der Waals surface area contributed by atoms with E-state index in [0.29, 0.717) is 16.6 Å². The summed E-state index contributed by atoms with van der Waals surface area (Å²) in [6.45, 7) is 3.94. The Hall–Kier alpha value is -2.69. The lowest BCUT2D eigenvalue weighted by Gasteiger charge is -2.00. The number of hydrogen-bond donors (Lipinski definition) is 2. The highest BCUT2D eigenvalue weighted by molar-refractivity contribution is 5.94. The lowest BCUT2D eigenvalue weighted by Crippen LogP contribution is -1.76. The molecular weight excluding hydrogens is 269 g/mol. The first-order chi connectivity index (χ1) is 10.0. The average Bonchev–Trinajstić information content (AvgIpc) is 2.73. The lowest BCUT2D eigenvalue weighted by atomic mass is 10.1. The van der Waals surface area contributed by atoms with Gasteiger partial charge in [0.2, 0.25) is 5.88 Å². The van der Waals surface area contributed by atoms with Crippen LogP contribution in [0, 0.1) is 19.7 Å². The van der Waals surface area contributed by atoms with Crippen molar-refractivity contribution >= 4 is 22.3 Å². The summed E-state index contributed by atoms with van der Waals surface area (Å²) in [5.41, 5.74) is 3.70. The monoisotopic (exact) mass is 283 g/mol. The van der Waals surface area contributed by atoms with Gasteiger partial charge in [0.05, 0.1) is 11.2 Å². The smallest absolute Gasteiger partial charge is 0.218 e. The molecule has 2 N–H and O–H groups in total. The Morgan fingerprint density at radius 2 is 1.86 bits per heavy atom. The van der Waals surface area contributed by atoms with Crippen LogP contribution in [0.1, 0.15) is 11.1 Å². The molecule has 0 bridgehead atoms. The fraction of sp³-hybridized carbons (Fsp3) is 0.125. The molecule has 0 aliphatic rings. The minimum atomic E-state index is -0.385. The summed E-state index contributed by atoms with van der Waals surface area (Å²) < 4.78 is 13.3. The van der Waals surface area contributed by atoms with E-state index in [1.165, 1.54) is 12.1 Å². The van der Waals surface area contributed by atoms with Crippen LogP contribution < -0.4 is 0 Å². The van der Waals surface area contributed by atoms with Crippen LogP contribution in [-0.4, -0.2) is 10.1 Å². The van der Waals surface area contributed by atoms with Gasteiger partial charge >= 0.3 is 0 Å². The van der Waals surface area contributed by atoms with E-state index >= 15 is 0 Å². The molecule has 0 amide bonds. The van der Waals surface area contributed by atoms with Gasteiger partial charge in [0.15, 0.2) is 5.69 Å². The highest BCUT2D eigenvalue weighted by Gasteiger charge is 2.11. The predicted octanol–water partition coefficient (Wildman–Crippen LogP) is 5.04. The summed E-state index contributed by atoms with van der Waals surface area (Å²) in [4.78, 5) is 2.75. The van der Waals surface area contributed by atoms with Crippen LogP contribution in [0.5, 0.6) is 5.88 Å². The van der Waals surface area contributed by atoms with Gasteiger partial charge in [-0.2, -0.15) is 5.11 Å². The third kappa shape index (κ3) is 2.50. The minimum Gasteiger partial charge on any atom is -0.493 e. The minimum absolute atomic E-state index is 0.121. The van der Waals surface area contributed by atoms with Crippen molar-refractivity contribution in [3.05, 3.63) is 53.3 Å². The van der Waals surface area contributed by atoms with Gasteiger partial charge in [-0.15, -0.1) is 5.11 Å². The second-order valence-corrected chi connectivity index (χ2v) is 5.00. The number of aromatic nitrogens is 1. The number of benzene rings is 2. The zero-order valence-electron chi connectivity index (χ0n) is 11.7. The Bertz CT molecular complexity index is 852. The van der Waals surface area contributed by atoms with Crippen LogP contribution in [-0.2, 0) is 0 Å². The highest BCUT2D eigenvalue weighted by atomic mass is 19.1. The van der Waals surface area contributed by atoms with E-state index in [-0.39, 0.29) is 17.4 Å². The van der Waals surface area contributed by atoms with Crippen molar-refractivity contribution in [2.75, 3.05) is 0 Å². The number of nitrogens with one attached hydrogen (secondary N) is 1. The van der Waals surface area contributed by atoms with Crippen molar-refractivity contribution < 1.29 is 9.50 Å². The molecule has 3 rings (SSSR count). The Kier molecular flexibility index (Phi) is 3.17. The third-order valence-corrected chi connectivity index (χ3v) is 3.32.